The van der Waals surface area contributed by atoms with Crippen LogP contribution < -0.4 is 19.5 Å². The largest absolute Gasteiger partial charge is 0.497 e. The molecule has 0 saturated heterocycles. The van der Waals surface area contributed by atoms with Gasteiger partial charge in [-0.1, -0.05) is 25.1 Å². The number of nitrogens with zero attached hydrogens (tertiary/aromatic N) is 1. The smallest absolute Gasteiger partial charge is 0.242 e. The number of methoxy groups -OCH3 is 1. The van der Waals surface area contributed by atoms with Gasteiger partial charge in [0.2, 0.25) is 18.6 Å². The second-order valence-electron chi connectivity index (χ2n) is 7.38. The number of hydrogen-bond acceptors (Lipinski definition) is 5. The molecule has 0 aliphatic carbocycles. The number of amides is 2. The molecule has 1 N–H and O–H groups in total. The fourth-order valence-corrected chi connectivity index (χ4v) is 3.63. The summed E-state index contributed by atoms with van der Waals surface area (Å²) in [6, 6.07) is 12.7. The Balaban J connectivity index is 1.74. The predicted molar refractivity (Wildman–Crippen MR) is 117 cm³/mol. The average Bonchev–Trinajstić information content (AvgIpc) is 3.26. The lowest BCUT2D eigenvalue weighted by Gasteiger charge is -2.30. The number of likely N-dealkylation sites (N-methyl/N-ethyl adjacent to an activating group) is 1. The van der Waals surface area contributed by atoms with Gasteiger partial charge in [0, 0.05) is 19.5 Å². The summed E-state index contributed by atoms with van der Waals surface area (Å²) in [4.78, 5) is 27.6. The molecule has 0 bridgehead atoms. The van der Waals surface area contributed by atoms with Crippen LogP contribution in [-0.4, -0.2) is 43.2 Å². The van der Waals surface area contributed by atoms with Gasteiger partial charge in [0.1, 0.15) is 11.8 Å². The van der Waals surface area contributed by atoms with E-state index >= 15 is 0 Å². The summed E-state index contributed by atoms with van der Waals surface area (Å²) in [6.07, 6.45) is 1.39. The summed E-state index contributed by atoms with van der Waals surface area (Å²) in [5.41, 5.74) is 1.94. The minimum absolute atomic E-state index is 0.0633. The van der Waals surface area contributed by atoms with E-state index < -0.39 is 6.04 Å². The summed E-state index contributed by atoms with van der Waals surface area (Å²) >= 11 is 0. The van der Waals surface area contributed by atoms with Gasteiger partial charge in [0.25, 0.3) is 0 Å². The summed E-state index contributed by atoms with van der Waals surface area (Å²) < 4.78 is 16.0. The molecule has 31 heavy (non-hydrogen) atoms. The highest BCUT2D eigenvalue weighted by Crippen LogP contribution is 2.32. The first-order valence-electron chi connectivity index (χ1n) is 10.6. The van der Waals surface area contributed by atoms with E-state index in [0.29, 0.717) is 38.1 Å². The first-order valence-corrected chi connectivity index (χ1v) is 10.6. The topological polar surface area (TPSA) is 77.1 Å². The molecule has 166 valence electrons. The van der Waals surface area contributed by atoms with Crippen LogP contribution in [0, 0.1) is 0 Å². The zero-order chi connectivity index (χ0) is 22.2. The van der Waals surface area contributed by atoms with Crippen LogP contribution in [0.25, 0.3) is 0 Å². The van der Waals surface area contributed by atoms with E-state index in [9.17, 15) is 9.59 Å². The molecular weight excluding hydrogens is 396 g/mol. The van der Waals surface area contributed by atoms with Gasteiger partial charge < -0.3 is 24.4 Å². The second-order valence-corrected chi connectivity index (χ2v) is 7.38. The lowest BCUT2D eigenvalue weighted by atomic mass is 10.1. The van der Waals surface area contributed by atoms with Crippen molar-refractivity contribution in [3.63, 3.8) is 0 Å². The Hall–Kier alpha value is -3.22. The molecule has 2 amide bonds. The third kappa shape index (κ3) is 5.69. The third-order valence-electron chi connectivity index (χ3n) is 5.31. The number of aryl methyl sites for hydroxylation is 1. The molecule has 0 fully saturated rings. The van der Waals surface area contributed by atoms with Crippen molar-refractivity contribution in [3.05, 3.63) is 53.6 Å². The Bertz CT molecular complexity index is 897. The summed E-state index contributed by atoms with van der Waals surface area (Å²) in [5.74, 6) is 1.98. The molecule has 1 heterocycles. The van der Waals surface area contributed by atoms with Crippen molar-refractivity contribution in [1.82, 2.24) is 10.2 Å². The minimum atomic E-state index is -0.522. The van der Waals surface area contributed by atoms with E-state index in [4.69, 9.17) is 14.2 Å². The van der Waals surface area contributed by atoms with Gasteiger partial charge in [-0.05, 0) is 55.2 Å². The van der Waals surface area contributed by atoms with Crippen molar-refractivity contribution in [1.29, 1.82) is 0 Å². The fraction of sp³-hybridized carbons (Fsp3) is 0.417. The molecule has 3 rings (SSSR count). The summed E-state index contributed by atoms with van der Waals surface area (Å²) in [7, 11) is 1.61. The van der Waals surface area contributed by atoms with Gasteiger partial charge in [-0.3, -0.25) is 9.59 Å². The molecule has 1 aliphatic rings. The predicted octanol–water partition coefficient (Wildman–Crippen LogP) is 3.30. The highest BCUT2D eigenvalue weighted by atomic mass is 16.7. The number of ether oxygens (including phenoxy) is 3. The quantitative estimate of drug-likeness (QED) is 0.631. The van der Waals surface area contributed by atoms with Crippen LogP contribution in [0.15, 0.2) is 42.5 Å². The Kier molecular flexibility index (Phi) is 7.76. The van der Waals surface area contributed by atoms with Crippen LogP contribution >= 0.6 is 0 Å². The number of carbonyl (C=O) groups is 2. The van der Waals surface area contributed by atoms with Crippen LogP contribution in [-0.2, 0) is 22.6 Å². The van der Waals surface area contributed by atoms with Crippen molar-refractivity contribution < 1.29 is 23.8 Å². The first kappa shape index (κ1) is 22.5. The van der Waals surface area contributed by atoms with Crippen molar-refractivity contribution in [3.8, 4) is 17.2 Å². The molecular formula is C24H30N2O5. The molecule has 1 unspecified atom stereocenters. The van der Waals surface area contributed by atoms with Gasteiger partial charge in [-0.25, -0.2) is 0 Å². The maximum absolute atomic E-state index is 13.3. The van der Waals surface area contributed by atoms with Crippen molar-refractivity contribution in [2.24, 2.45) is 0 Å². The van der Waals surface area contributed by atoms with Crippen molar-refractivity contribution in [2.45, 2.75) is 45.7 Å². The van der Waals surface area contributed by atoms with E-state index in [1.807, 2.05) is 56.3 Å². The maximum atomic E-state index is 13.3. The lowest BCUT2D eigenvalue weighted by molar-refractivity contribution is -0.141. The zero-order valence-corrected chi connectivity index (χ0v) is 18.3. The normalized spacial score (nSPS) is 12.9. The molecule has 2 aromatic rings. The minimum Gasteiger partial charge on any atom is -0.497 e. The first-order chi connectivity index (χ1) is 15.0. The van der Waals surface area contributed by atoms with Crippen LogP contribution in [0.4, 0.5) is 0 Å². The van der Waals surface area contributed by atoms with Crippen LogP contribution in [0.1, 0.15) is 37.8 Å². The van der Waals surface area contributed by atoms with Gasteiger partial charge in [-0.15, -0.1) is 0 Å². The lowest BCUT2D eigenvalue weighted by Crippen LogP contribution is -2.49. The molecule has 7 heteroatoms. The van der Waals surface area contributed by atoms with Gasteiger partial charge >= 0.3 is 0 Å². The van der Waals surface area contributed by atoms with E-state index in [0.717, 1.165) is 22.6 Å². The van der Waals surface area contributed by atoms with E-state index in [1.54, 1.807) is 12.0 Å². The molecule has 0 aromatic heterocycles. The number of carbonyl (C=O) groups excluding carboxylic acids is 2. The molecule has 7 nitrogen and oxygen atoms in total. The molecule has 0 radical (unpaired) electrons. The zero-order valence-electron chi connectivity index (χ0n) is 18.3. The molecule has 1 atom stereocenters. The molecule has 0 saturated carbocycles. The van der Waals surface area contributed by atoms with E-state index in [2.05, 4.69) is 5.32 Å². The summed E-state index contributed by atoms with van der Waals surface area (Å²) in [6.45, 7) is 4.90. The number of nitrogens with one attached hydrogen (secondary N) is 1. The highest BCUT2D eigenvalue weighted by molar-refractivity contribution is 5.87. The van der Waals surface area contributed by atoms with Gasteiger partial charge in [0.15, 0.2) is 11.5 Å². The van der Waals surface area contributed by atoms with Crippen molar-refractivity contribution >= 4 is 11.8 Å². The second kappa shape index (κ2) is 10.7. The highest BCUT2D eigenvalue weighted by Gasteiger charge is 2.28. The number of benzene rings is 2. The Labute approximate surface area is 183 Å². The maximum Gasteiger partial charge on any atom is 0.242 e. The number of hydrogen-bond donors (Lipinski definition) is 1. The third-order valence-corrected chi connectivity index (χ3v) is 5.31. The monoisotopic (exact) mass is 426 g/mol. The molecule has 0 spiro atoms. The Morgan fingerprint density at radius 2 is 1.77 bits per heavy atom. The Morgan fingerprint density at radius 3 is 2.45 bits per heavy atom. The molecule has 1 aliphatic heterocycles. The fourth-order valence-electron chi connectivity index (χ4n) is 3.63. The van der Waals surface area contributed by atoms with Crippen LogP contribution in [0.5, 0.6) is 17.2 Å². The number of rotatable bonds is 10. The summed E-state index contributed by atoms with van der Waals surface area (Å²) in [5, 5.41) is 2.85. The van der Waals surface area contributed by atoms with Crippen LogP contribution in [0.3, 0.4) is 0 Å². The van der Waals surface area contributed by atoms with Crippen molar-refractivity contribution in [2.75, 3.05) is 20.4 Å². The molecule has 2 aromatic carbocycles. The van der Waals surface area contributed by atoms with Gasteiger partial charge in [0.05, 0.1) is 7.11 Å². The van der Waals surface area contributed by atoms with E-state index in [-0.39, 0.29) is 18.6 Å². The number of fused-ring (bicyclic) bond motifs is 1. The standard InChI is InChI=1S/C24H30N2O5/c1-4-20(24(28)25-5-2)26(15-18-6-10-19(29-3)11-7-18)23(27)13-9-17-8-12-21-22(14-17)31-16-30-21/h6-8,10-12,14,20H,4-5,9,13,15-16H2,1-3H3,(H,25,28). The van der Waals surface area contributed by atoms with Gasteiger partial charge in [-0.2, -0.15) is 0 Å². The average molecular weight is 427 g/mol. The SMILES string of the molecule is CCNC(=O)C(CC)N(Cc1ccc(OC)cc1)C(=O)CCc1ccc2c(c1)OCO2. The van der Waals surface area contributed by atoms with Crippen LogP contribution in [0.2, 0.25) is 0 Å². The Morgan fingerprint density at radius 1 is 1.06 bits per heavy atom. The van der Waals surface area contributed by atoms with E-state index in [1.165, 1.54) is 0 Å².